The van der Waals surface area contributed by atoms with Crippen molar-refractivity contribution in [3.05, 3.63) is 64.4 Å². The molecule has 1 unspecified atom stereocenters. The lowest BCUT2D eigenvalue weighted by molar-refractivity contribution is -0.746. The molecule has 1 aliphatic heterocycles. The average molecular weight is 392 g/mol. The van der Waals surface area contributed by atoms with Crippen LogP contribution in [-0.2, 0) is 11.8 Å². The quantitative estimate of drug-likeness (QED) is 0.611. The molecule has 11 heteroatoms. The third-order valence-corrected chi connectivity index (χ3v) is 4.04. The number of aryl methyl sites for hydroxylation is 1. The number of hydrogen-bond acceptors (Lipinski definition) is 7. The van der Waals surface area contributed by atoms with Gasteiger partial charge in [-0.2, -0.15) is 18.4 Å². The molecule has 0 aliphatic carbocycles. The predicted octanol–water partition coefficient (Wildman–Crippen LogP) is 1.08. The molecule has 0 bridgehead atoms. The molecular formula is C17H11F3N4O4. The Morgan fingerprint density at radius 2 is 2.00 bits per heavy atom. The fourth-order valence-corrected chi connectivity index (χ4v) is 2.85. The van der Waals surface area contributed by atoms with Crippen LogP contribution >= 0.6 is 0 Å². The lowest BCUT2D eigenvalue weighted by atomic mass is 9.82. The zero-order chi connectivity index (χ0) is 20.6. The summed E-state index contributed by atoms with van der Waals surface area (Å²) in [4.78, 5) is 13.0. The predicted molar refractivity (Wildman–Crippen MR) is 81.6 cm³/mol. The number of halogens is 3. The van der Waals surface area contributed by atoms with E-state index in [2.05, 4.69) is 14.5 Å². The number of nitriles is 1. The largest absolute Gasteiger partial charge is 0.539 e. The normalized spacial score (nSPS) is 17.3. The van der Waals surface area contributed by atoms with E-state index in [0.29, 0.717) is 0 Å². The Morgan fingerprint density at radius 3 is 2.50 bits per heavy atom. The van der Waals surface area contributed by atoms with E-state index < -0.39 is 52.3 Å². The Morgan fingerprint density at radius 1 is 1.36 bits per heavy atom. The molecule has 8 nitrogen and oxygen atoms in total. The summed E-state index contributed by atoms with van der Waals surface area (Å²) in [6.45, 7) is 0. The molecule has 1 aliphatic rings. The number of ether oxygens (including phenoxy) is 1. The molecule has 1 aromatic carbocycles. The summed E-state index contributed by atoms with van der Waals surface area (Å²) < 4.78 is 50.9. The van der Waals surface area contributed by atoms with Gasteiger partial charge in [0, 0.05) is 5.56 Å². The first kappa shape index (κ1) is 19.0. The highest BCUT2D eigenvalue weighted by Gasteiger charge is 2.50. The number of nitrogens with two attached hydrogens (primary N) is 1. The van der Waals surface area contributed by atoms with Crippen LogP contribution < -0.4 is 15.5 Å². The average Bonchev–Trinajstić information content (AvgIpc) is 2.98. The third kappa shape index (κ3) is 3.05. The van der Waals surface area contributed by atoms with Crippen LogP contribution in [0.25, 0.3) is 0 Å². The van der Waals surface area contributed by atoms with Crippen LogP contribution in [-0.4, -0.2) is 17.2 Å². The lowest BCUT2D eigenvalue weighted by Gasteiger charge is -2.27. The smallest absolute Gasteiger partial charge is 0.450 e. The Labute approximate surface area is 155 Å². The number of benzene rings is 1. The lowest BCUT2D eigenvalue weighted by Crippen LogP contribution is -2.40. The highest BCUT2D eigenvalue weighted by atomic mass is 19.4. The van der Waals surface area contributed by atoms with Crippen molar-refractivity contribution in [2.45, 2.75) is 12.1 Å². The molecule has 0 saturated carbocycles. The van der Waals surface area contributed by atoms with Crippen molar-refractivity contribution >= 4 is 5.78 Å². The third-order valence-electron chi connectivity index (χ3n) is 4.04. The number of alkyl halides is 3. The van der Waals surface area contributed by atoms with Gasteiger partial charge in [-0.15, -0.1) is 0 Å². The minimum Gasteiger partial charge on any atom is -0.539 e. The molecule has 3 rings (SSSR count). The van der Waals surface area contributed by atoms with Gasteiger partial charge in [0.15, 0.2) is 18.8 Å². The SMILES string of the molecule is C[n+]1noc([O-])c1C1C(C#N)=C(N)OC(C(F)(F)F)=C1C(=O)c1ccccc1. The fourth-order valence-electron chi connectivity index (χ4n) is 2.85. The van der Waals surface area contributed by atoms with Crippen molar-refractivity contribution in [2.75, 3.05) is 0 Å². The number of hydrogen-bond donors (Lipinski definition) is 1. The van der Waals surface area contributed by atoms with Gasteiger partial charge in [0.1, 0.15) is 17.6 Å². The highest BCUT2D eigenvalue weighted by molar-refractivity contribution is 6.10. The van der Waals surface area contributed by atoms with Crippen LogP contribution in [0.15, 0.2) is 57.6 Å². The standard InChI is InChI=1S/C17H11F3N4O4/c1-24-12(16(26)28-23-24)10-9(7-21)15(22)27-14(17(18,19)20)11(10)13(25)8-5-3-2-4-6-8/h2-6,10H,22H2,1H3. The molecule has 2 heterocycles. The van der Waals surface area contributed by atoms with Crippen LogP contribution in [0.2, 0.25) is 0 Å². The van der Waals surface area contributed by atoms with Crippen LogP contribution in [0.5, 0.6) is 5.95 Å². The van der Waals surface area contributed by atoms with Gasteiger partial charge >= 0.3 is 6.18 Å². The van der Waals surface area contributed by atoms with Crippen LogP contribution in [0.3, 0.4) is 0 Å². The molecule has 1 atom stereocenters. The molecule has 144 valence electrons. The molecular weight excluding hydrogens is 381 g/mol. The van der Waals surface area contributed by atoms with Crippen molar-refractivity contribution in [3.63, 3.8) is 0 Å². The number of nitrogens with zero attached hydrogens (tertiary/aromatic N) is 3. The van der Waals surface area contributed by atoms with Crippen molar-refractivity contribution < 1.29 is 37.0 Å². The van der Waals surface area contributed by atoms with Crippen LogP contribution in [0.4, 0.5) is 13.2 Å². The first-order valence-corrected chi connectivity index (χ1v) is 7.68. The summed E-state index contributed by atoms with van der Waals surface area (Å²) in [6, 6.07) is 8.66. The van der Waals surface area contributed by atoms with Crippen molar-refractivity contribution in [3.8, 4) is 12.0 Å². The summed E-state index contributed by atoms with van der Waals surface area (Å²) in [6.07, 6.45) is -5.12. The van der Waals surface area contributed by atoms with Gasteiger partial charge in [-0.3, -0.25) is 4.79 Å². The van der Waals surface area contributed by atoms with E-state index >= 15 is 0 Å². The molecule has 0 amide bonds. The minimum atomic E-state index is -5.12. The molecule has 2 aromatic rings. The molecule has 0 spiro atoms. The number of ketones is 1. The van der Waals surface area contributed by atoms with E-state index in [1.54, 1.807) is 12.1 Å². The van der Waals surface area contributed by atoms with E-state index in [4.69, 9.17) is 5.73 Å². The molecule has 0 fully saturated rings. The van der Waals surface area contributed by atoms with Gasteiger partial charge in [-0.25, -0.2) is 0 Å². The highest BCUT2D eigenvalue weighted by Crippen LogP contribution is 2.45. The molecule has 0 saturated heterocycles. The van der Waals surface area contributed by atoms with Gasteiger partial charge in [0.25, 0.3) is 0 Å². The molecule has 2 N–H and O–H groups in total. The maximum Gasteiger partial charge on any atom is 0.450 e. The van der Waals surface area contributed by atoms with Crippen molar-refractivity contribution in [2.24, 2.45) is 12.8 Å². The first-order valence-electron chi connectivity index (χ1n) is 7.68. The summed E-state index contributed by atoms with van der Waals surface area (Å²) in [5.74, 6) is -6.55. The second kappa shape index (κ2) is 6.73. The molecule has 1 aromatic heterocycles. The Kier molecular flexibility index (Phi) is 4.56. The second-order valence-corrected chi connectivity index (χ2v) is 5.73. The zero-order valence-electron chi connectivity index (χ0n) is 14.1. The van der Waals surface area contributed by atoms with Crippen molar-refractivity contribution in [1.29, 1.82) is 5.26 Å². The molecule has 0 radical (unpaired) electrons. The number of aromatic nitrogens is 2. The summed E-state index contributed by atoms with van der Waals surface area (Å²) in [5, 5.41) is 24.9. The van der Waals surface area contributed by atoms with E-state index in [1.165, 1.54) is 31.3 Å². The van der Waals surface area contributed by atoms with Crippen LogP contribution in [0.1, 0.15) is 22.0 Å². The maximum absolute atomic E-state index is 13.7. The zero-order valence-corrected chi connectivity index (χ0v) is 14.1. The number of rotatable bonds is 3. The Hall–Kier alpha value is -3.81. The van der Waals surface area contributed by atoms with Gasteiger partial charge in [-0.1, -0.05) is 35.0 Å². The Bertz CT molecular complexity index is 1030. The molecule has 28 heavy (non-hydrogen) atoms. The summed E-state index contributed by atoms with van der Waals surface area (Å²) >= 11 is 0. The van der Waals surface area contributed by atoms with Gasteiger partial charge < -0.3 is 20.1 Å². The fraction of sp³-hybridized carbons (Fsp3) is 0.176. The van der Waals surface area contributed by atoms with E-state index in [1.807, 2.05) is 0 Å². The van der Waals surface area contributed by atoms with Gasteiger partial charge in [-0.05, 0) is 0 Å². The summed E-state index contributed by atoms with van der Waals surface area (Å²) in [7, 11) is 1.22. The van der Waals surface area contributed by atoms with E-state index in [9.17, 15) is 28.3 Å². The second-order valence-electron chi connectivity index (χ2n) is 5.73. The number of carbonyl (C=O) groups is 1. The topological polar surface area (TPSA) is 129 Å². The van der Waals surface area contributed by atoms with Crippen LogP contribution in [0, 0.1) is 11.3 Å². The first-order chi connectivity index (χ1) is 13.2. The van der Waals surface area contributed by atoms with Crippen molar-refractivity contribution in [1.82, 2.24) is 5.27 Å². The maximum atomic E-state index is 13.7. The van der Waals surface area contributed by atoms with Gasteiger partial charge in [0.2, 0.25) is 17.3 Å². The minimum absolute atomic E-state index is 0.0998. The Balaban J connectivity index is 2.35. The number of carbonyl (C=O) groups excluding carboxylic acids is 1. The monoisotopic (exact) mass is 392 g/mol. The van der Waals surface area contributed by atoms with E-state index in [0.717, 1.165) is 4.68 Å². The van der Waals surface area contributed by atoms with E-state index in [-0.39, 0.29) is 5.56 Å². The number of Topliss-reactive ketones (excluding diaryl/α,β-unsaturated/α-hetero) is 1. The summed E-state index contributed by atoms with van der Waals surface area (Å²) in [5.41, 5.74) is 3.44. The van der Waals surface area contributed by atoms with Gasteiger partial charge in [0.05, 0.1) is 10.8 Å². The number of allylic oxidation sites excluding steroid dienone is 3.